The van der Waals surface area contributed by atoms with Crippen LogP contribution in [-0.4, -0.2) is 17.4 Å². The Morgan fingerprint density at radius 2 is 1.64 bits per heavy atom. The van der Waals surface area contributed by atoms with Crippen molar-refractivity contribution in [2.24, 2.45) is 0 Å². The van der Waals surface area contributed by atoms with Gasteiger partial charge in [-0.1, -0.05) is 30.3 Å². The number of benzene rings is 2. The molecule has 0 bridgehead atoms. The standard InChI is InChI=1S/C21H18F3N3O/c1-2-27(15-8-4-3-5-9-15)16-12-13-19(25-14-16)20(28)26-18-11-7-6-10-17(18)21(22,23)24/h3-14H,2H2,1H3,(H,26,28). The second-order valence-electron chi connectivity index (χ2n) is 5.98. The molecule has 0 saturated carbocycles. The third kappa shape index (κ3) is 4.31. The van der Waals surface area contributed by atoms with Crippen LogP contribution in [0.25, 0.3) is 0 Å². The number of hydrogen-bond acceptors (Lipinski definition) is 3. The van der Waals surface area contributed by atoms with Gasteiger partial charge in [-0.15, -0.1) is 0 Å². The lowest BCUT2D eigenvalue weighted by Gasteiger charge is -2.23. The quantitative estimate of drug-likeness (QED) is 0.630. The first-order chi connectivity index (χ1) is 13.4. The number of aromatic nitrogens is 1. The fourth-order valence-corrected chi connectivity index (χ4v) is 2.83. The minimum absolute atomic E-state index is 0.0323. The third-order valence-electron chi connectivity index (χ3n) is 4.16. The lowest BCUT2D eigenvalue weighted by molar-refractivity contribution is -0.136. The highest BCUT2D eigenvalue weighted by Gasteiger charge is 2.33. The Bertz CT molecular complexity index is 941. The first-order valence-electron chi connectivity index (χ1n) is 8.66. The number of carbonyl (C=O) groups is 1. The molecule has 0 aliphatic rings. The van der Waals surface area contributed by atoms with Crippen molar-refractivity contribution >= 4 is 23.0 Å². The fourth-order valence-electron chi connectivity index (χ4n) is 2.83. The van der Waals surface area contributed by atoms with E-state index in [1.807, 2.05) is 42.2 Å². The molecule has 1 N–H and O–H groups in total. The number of para-hydroxylation sites is 2. The number of halogens is 3. The maximum absolute atomic E-state index is 13.1. The summed E-state index contributed by atoms with van der Waals surface area (Å²) in [6, 6.07) is 17.7. The number of amides is 1. The monoisotopic (exact) mass is 385 g/mol. The van der Waals surface area contributed by atoms with E-state index in [2.05, 4.69) is 10.3 Å². The number of hydrogen-bond donors (Lipinski definition) is 1. The zero-order chi connectivity index (χ0) is 20.1. The van der Waals surface area contributed by atoms with Crippen LogP contribution in [0.4, 0.5) is 30.2 Å². The van der Waals surface area contributed by atoms with Crippen molar-refractivity contribution in [3.8, 4) is 0 Å². The molecule has 0 aliphatic carbocycles. The summed E-state index contributed by atoms with van der Waals surface area (Å²) >= 11 is 0. The van der Waals surface area contributed by atoms with E-state index in [-0.39, 0.29) is 11.4 Å². The van der Waals surface area contributed by atoms with Crippen LogP contribution in [0.15, 0.2) is 72.9 Å². The molecule has 0 fully saturated rings. The van der Waals surface area contributed by atoms with Crippen LogP contribution >= 0.6 is 0 Å². The smallest absolute Gasteiger partial charge is 0.341 e. The topological polar surface area (TPSA) is 45.2 Å². The average Bonchev–Trinajstić information content (AvgIpc) is 2.69. The molecule has 3 rings (SSSR count). The van der Waals surface area contributed by atoms with Crippen molar-refractivity contribution in [1.82, 2.24) is 4.98 Å². The van der Waals surface area contributed by atoms with Gasteiger partial charge in [0.15, 0.2) is 0 Å². The van der Waals surface area contributed by atoms with E-state index in [1.54, 1.807) is 6.07 Å². The van der Waals surface area contributed by atoms with Gasteiger partial charge in [0.2, 0.25) is 0 Å². The largest absolute Gasteiger partial charge is 0.418 e. The van der Waals surface area contributed by atoms with Crippen LogP contribution in [-0.2, 0) is 6.18 Å². The van der Waals surface area contributed by atoms with Gasteiger partial charge >= 0.3 is 6.18 Å². The van der Waals surface area contributed by atoms with Crippen LogP contribution in [0.3, 0.4) is 0 Å². The summed E-state index contributed by atoms with van der Waals surface area (Å²) in [5, 5.41) is 2.29. The molecule has 0 radical (unpaired) electrons. The Kier molecular flexibility index (Phi) is 5.63. The second kappa shape index (κ2) is 8.12. The van der Waals surface area contributed by atoms with Crippen LogP contribution in [0, 0.1) is 0 Å². The van der Waals surface area contributed by atoms with Crippen LogP contribution < -0.4 is 10.2 Å². The van der Waals surface area contributed by atoms with Gasteiger partial charge in [0.25, 0.3) is 5.91 Å². The van der Waals surface area contributed by atoms with Gasteiger partial charge in [-0.2, -0.15) is 13.2 Å². The summed E-state index contributed by atoms with van der Waals surface area (Å²) in [5.74, 6) is -0.703. The second-order valence-corrected chi connectivity index (χ2v) is 5.98. The Morgan fingerprint density at radius 3 is 2.25 bits per heavy atom. The first-order valence-corrected chi connectivity index (χ1v) is 8.66. The van der Waals surface area contributed by atoms with E-state index >= 15 is 0 Å². The van der Waals surface area contributed by atoms with Gasteiger partial charge in [0, 0.05) is 12.2 Å². The van der Waals surface area contributed by atoms with Crippen molar-refractivity contribution in [2.75, 3.05) is 16.8 Å². The van der Waals surface area contributed by atoms with Crippen LogP contribution in [0.5, 0.6) is 0 Å². The predicted octanol–water partition coefficient (Wildman–Crippen LogP) is 5.51. The zero-order valence-corrected chi connectivity index (χ0v) is 15.1. The summed E-state index contributed by atoms with van der Waals surface area (Å²) in [6.07, 6.45) is -3.03. The fraction of sp³-hybridized carbons (Fsp3) is 0.143. The van der Waals surface area contributed by atoms with Crippen LogP contribution in [0.2, 0.25) is 0 Å². The molecule has 28 heavy (non-hydrogen) atoms. The van der Waals surface area contributed by atoms with Crippen molar-refractivity contribution in [1.29, 1.82) is 0 Å². The van der Waals surface area contributed by atoms with Gasteiger partial charge < -0.3 is 10.2 Å². The summed E-state index contributed by atoms with van der Waals surface area (Å²) in [7, 11) is 0. The Balaban J connectivity index is 1.80. The average molecular weight is 385 g/mol. The molecule has 0 aliphatic heterocycles. The van der Waals surface area contributed by atoms with E-state index in [4.69, 9.17) is 0 Å². The maximum Gasteiger partial charge on any atom is 0.418 e. The normalized spacial score (nSPS) is 11.1. The zero-order valence-electron chi connectivity index (χ0n) is 15.1. The minimum Gasteiger partial charge on any atom is -0.341 e. The number of nitrogens with zero attached hydrogens (tertiary/aromatic N) is 2. The van der Waals surface area contributed by atoms with Gasteiger partial charge in [-0.05, 0) is 43.3 Å². The molecule has 0 atom stereocenters. The lowest BCUT2D eigenvalue weighted by atomic mass is 10.1. The maximum atomic E-state index is 13.1. The molecule has 144 valence electrons. The highest BCUT2D eigenvalue weighted by atomic mass is 19.4. The molecular formula is C21H18F3N3O. The van der Waals surface area contributed by atoms with Crippen molar-refractivity contribution in [3.63, 3.8) is 0 Å². The Hall–Kier alpha value is -3.35. The van der Waals surface area contributed by atoms with Crippen molar-refractivity contribution < 1.29 is 18.0 Å². The highest BCUT2D eigenvalue weighted by molar-refractivity contribution is 6.03. The van der Waals surface area contributed by atoms with Crippen LogP contribution in [0.1, 0.15) is 23.0 Å². The number of pyridine rings is 1. The molecule has 1 amide bonds. The SMILES string of the molecule is CCN(c1ccccc1)c1ccc(C(=O)Nc2ccccc2C(F)(F)F)nc1. The summed E-state index contributed by atoms with van der Waals surface area (Å²) in [6.45, 7) is 2.68. The molecule has 0 saturated heterocycles. The van der Waals surface area contributed by atoms with E-state index < -0.39 is 17.6 Å². The van der Waals surface area contributed by atoms with Gasteiger partial charge in [-0.3, -0.25) is 4.79 Å². The molecule has 7 heteroatoms. The number of alkyl halides is 3. The summed E-state index contributed by atoms with van der Waals surface area (Å²) < 4.78 is 39.2. The van der Waals surface area contributed by atoms with Gasteiger partial charge in [0.1, 0.15) is 5.69 Å². The first kappa shape index (κ1) is 19.4. The van der Waals surface area contributed by atoms with E-state index in [0.29, 0.717) is 6.54 Å². The van der Waals surface area contributed by atoms with E-state index in [9.17, 15) is 18.0 Å². The van der Waals surface area contributed by atoms with E-state index in [0.717, 1.165) is 17.4 Å². The van der Waals surface area contributed by atoms with Gasteiger partial charge in [0.05, 0.1) is 23.1 Å². The van der Waals surface area contributed by atoms with Crippen molar-refractivity contribution in [3.05, 3.63) is 84.2 Å². The minimum atomic E-state index is -4.56. The third-order valence-corrected chi connectivity index (χ3v) is 4.16. The number of rotatable bonds is 5. The number of anilines is 3. The molecule has 2 aromatic carbocycles. The Labute approximate surface area is 160 Å². The molecular weight excluding hydrogens is 367 g/mol. The predicted molar refractivity (Wildman–Crippen MR) is 103 cm³/mol. The molecule has 0 unspecified atom stereocenters. The number of nitrogens with one attached hydrogen (secondary N) is 1. The van der Waals surface area contributed by atoms with Gasteiger partial charge in [-0.25, -0.2) is 4.98 Å². The Morgan fingerprint density at radius 1 is 0.964 bits per heavy atom. The number of carbonyl (C=O) groups excluding carboxylic acids is 1. The molecule has 0 spiro atoms. The lowest BCUT2D eigenvalue weighted by Crippen LogP contribution is -2.19. The van der Waals surface area contributed by atoms with E-state index in [1.165, 1.54) is 30.5 Å². The summed E-state index contributed by atoms with van der Waals surface area (Å²) in [5.41, 5.74) is 0.584. The highest BCUT2D eigenvalue weighted by Crippen LogP contribution is 2.34. The molecule has 1 heterocycles. The van der Waals surface area contributed by atoms with Crippen molar-refractivity contribution in [2.45, 2.75) is 13.1 Å². The molecule has 3 aromatic rings. The summed E-state index contributed by atoms with van der Waals surface area (Å²) in [4.78, 5) is 18.5. The molecule has 4 nitrogen and oxygen atoms in total. The molecule has 1 aromatic heterocycles.